The lowest BCUT2D eigenvalue weighted by atomic mass is 10.4. The first-order chi connectivity index (χ1) is 5.68. The number of halogens is 1. The molecule has 0 amide bonds. The summed E-state index contributed by atoms with van der Waals surface area (Å²) in [6.07, 6.45) is 1.87. The number of nitrogens with two attached hydrogens (primary N) is 1. The number of hydrogen-bond donors (Lipinski definition) is 1. The van der Waals surface area contributed by atoms with Crippen LogP contribution in [0, 0.1) is 0 Å². The predicted octanol–water partition coefficient (Wildman–Crippen LogP) is 1.92. The van der Waals surface area contributed by atoms with Crippen LogP contribution in [0.1, 0.15) is 0 Å². The predicted molar refractivity (Wildman–Crippen MR) is 52.8 cm³/mol. The summed E-state index contributed by atoms with van der Waals surface area (Å²) in [5.41, 5.74) is 8.36. The maximum Gasteiger partial charge on any atom is 0.112 e. The number of nitrogens with zero attached hydrogens (tertiary/aromatic N) is 2. The highest BCUT2D eigenvalue weighted by Gasteiger charge is 2.04. The molecule has 2 N–H and O–H groups in total. The second-order valence-corrected chi connectivity index (χ2v) is 3.51. The zero-order valence-corrected chi connectivity index (χ0v) is 8.17. The van der Waals surface area contributed by atoms with Crippen molar-refractivity contribution >= 4 is 32.7 Å². The minimum Gasteiger partial charge on any atom is -0.396 e. The number of pyridine rings is 1. The van der Waals surface area contributed by atoms with E-state index in [-0.39, 0.29) is 0 Å². The Balaban J connectivity index is 2.90. The maximum atomic E-state index is 5.74. The van der Waals surface area contributed by atoms with E-state index in [9.17, 15) is 0 Å². The fourth-order valence-electron chi connectivity index (χ4n) is 1.26. The van der Waals surface area contributed by atoms with E-state index in [0.717, 1.165) is 15.6 Å². The summed E-state index contributed by atoms with van der Waals surface area (Å²) >= 11 is 3.30. The molecule has 0 aliphatic heterocycles. The summed E-state index contributed by atoms with van der Waals surface area (Å²) < 4.78 is 2.78. The van der Waals surface area contributed by atoms with Gasteiger partial charge in [-0.2, -0.15) is 0 Å². The van der Waals surface area contributed by atoms with E-state index in [1.54, 1.807) is 0 Å². The molecule has 62 valence electrons. The minimum absolute atomic E-state index is 0.716. The van der Waals surface area contributed by atoms with Gasteiger partial charge < -0.3 is 10.3 Å². The van der Waals surface area contributed by atoms with Crippen LogP contribution in [-0.2, 0) is 7.05 Å². The molecule has 2 aromatic rings. The number of rotatable bonds is 0. The van der Waals surface area contributed by atoms with Crippen molar-refractivity contribution in [2.24, 2.45) is 7.05 Å². The van der Waals surface area contributed by atoms with Gasteiger partial charge in [0.15, 0.2) is 0 Å². The Labute approximate surface area is 78.3 Å². The molecule has 0 aliphatic carbocycles. The second kappa shape index (κ2) is 2.48. The summed E-state index contributed by atoms with van der Waals surface area (Å²) in [5.74, 6) is 0. The third-order valence-corrected chi connectivity index (χ3v) is 2.27. The summed E-state index contributed by atoms with van der Waals surface area (Å²) in [5, 5.41) is 0. The average molecular weight is 226 g/mol. The molecule has 3 nitrogen and oxygen atoms in total. The van der Waals surface area contributed by atoms with Gasteiger partial charge in [0, 0.05) is 13.2 Å². The highest BCUT2D eigenvalue weighted by Crippen LogP contribution is 2.22. The molecule has 0 radical (unpaired) electrons. The van der Waals surface area contributed by atoms with Crippen LogP contribution < -0.4 is 5.73 Å². The number of aryl methyl sites for hydroxylation is 1. The number of fused-ring (bicyclic) bond motifs is 1. The number of hydrogen-bond acceptors (Lipinski definition) is 2. The second-order valence-electron chi connectivity index (χ2n) is 2.70. The molecule has 0 unspecified atom stereocenters. The maximum absolute atomic E-state index is 5.74. The number of anilines is 1. The van der Waals surface area contributed by atoms with E-state index in [1.165, 1.54) is 0 Å². The van der Waals surface area contributed by atoms with Crippen LogP contribution in [-0.4, -0.2) is 9.55 Å². The Kier molecular flexibility index (Phi) is 1.58. The summed E-state index contributed by atoms with van der Waals surface area (Å²) in [6.45, 7) is 0. The van der Waals surface area contributed by atoms with Crippen molar-refractivity contribution in [2.45, 2.75) is 0 Å². The molecular weight excluding hydrogens is 218 g/mol. The van der Waals surface area contributed by atoms with Gasteiger partial charge in [-0.05, 0) is 28.1 Å². The Morgan fingerprint density at radius 2 is 2.25 bits per heavy atom. The minimum atomic E-state index is 0.716. The molecule has 0 saturated carbocycles. The van der Waals surface area contributed by atoms with Gasteiger partial charge in [-0.1, -0.05) is 0 Å². The van der Waals surface area contributed by atoms with Crippen LogP contribution in [0.5, 0.6) is 0 Å². The van der Waals surface area contributed by atoms with E-state index >= 15 is 0 Å². The van der Waals surface area contributed by atoms with Gasteiger partial charge in [-0.3, -0.25) is 0 Å². The quantitative estimate of drug-likeness (QED) is 0.697. The van der Waals surface area contributed by atoms with E-state index in [2.05, 4.69) is 20.9 Å². The molecule has 0 saturated heterocycles. The molecule has 4 heteroatoms. The third-order valence-electron chi connectivity index (χ3n) is 1.83. The lowest BCUT2D eigenvalue weighted by molar-refractivity contribution is 0.969. The van der Waals surface area contributed by atoms with Crippen molar-refractivity contribution < 1.29 is 0 Å². The van der Waals surface area contributed by atoms with Crippen molar-refractivity contribution in [3.05, 3.63) is 22.9 Å². The standard InChI is InChI=1S/C8H8BrN3/c1-12-4-5(10)8-6(12)2-3-7(9)11-8/h2-4H,10H2,1H3. The van der Waals surface area contributed by atoms with Crippen LogP contribution in [0.15, 0.2) is 22.9 Å². The third kappa shape index (κ3) is 0.992. The molecule has 0 fully saturated rings. The average Bonchev–Trinajstić information content (AvgIpc) is 2.28. The SMILES string of the molecule is Cn1cc(N)c2nc(Br)ccc21. The largest absolute Gasteiger partial charge is 0.396 e. The van der Waals surface area contributed by atoms with Crippen molar-refractivity contribution in [3.63, 3.8) is 0 Å². The van der Waals surface area contributed by atoms with Gasteiger partial charge in [0.05, 0.1) is 11.2 Å². The molecular formula is C8H8BrN3. The van der Waals surface area contributed by atoms with Gasteiger partial charge in [0.2, 0.25) is 0 Å². The lowest BCUT2D eigenvalue weighted by Crippen LogP contribution is -1.84. The Hall–Kier alpha value is -1.03. The zero-order valence-electron chi connectivity index (χ0n) is 6.58. The molecule has 0 atom stereocenters. The molecule has 2 rings (SSSR count). The van der Waals surface area contributed by atoms with Gasteiger partial charge >= 0.3 is 0 Å². The summed E-state index contributed by atoms with van der Waals surface area (Å²) in [6, 6.07) is 3.89. The molecule has 0 aliphatic rings. The van der Waals surface area contributed by atoms with Crippen LogP contribution in [0.4, 0.5) is 5.69 Å². The molecule has 2 aromatic heterocycles. The van der Waals surface area contributed by atoms with Crippen LogP contribution in [0.3, 0.4) is 0 Å². The van der Waals surface area contributed by atoms with Crippen molar-refractivity contribution in [1.82, 2.24) is 9.55 Å². The van der Waals surface area contributed by atoms with Crippen LogP contribution in [0.25, 0.3) is 11.0 Å². The zero-order chi connectivity index (χ0) is 8.72. The Morgan fingerprint density at radius 1 is 1.50 bits per heavy atom. The summed E-state index contributed by atoms with van der Waals surface area (Å²) in [4.78, 5) is 4.27. The highest BCUT2D eigenvalue weighted by molar-refractivity contribution is 9.10. The molecule has 2 heterocycles. The normalized spacial score (nSPS) is 10.8. The Bertz CT molecular complexity index is 433. The van der Waals surface area contributed by atoms with Gasteiger partial charge in [0.25, 0.3) is 0 Å². The number of aromatic nitrogens is 2. The topological polar surface area (TPSA) is 43.8 Å². The van der Waals surface area contributed by atoms with E-state index < -0.39 is 0 Å². The van der Waals surface area contributed by atoms with Crippen LogP contribution >= 0.6 is 15.9 Å². The fourth-order valence-corrected chi connectivity index (χ4v) is 1.57. The van der Waals surface area contributed by atoms with E-state index in [4.69, 9.17) is 5.73 Å². The van der Waals surface area contributed by atoms with Crippen LogP contribution in [0.2, 0.25) is 0 Å². The van der Waals surface area contributed by atoms with Gasteiger partial charge in [-0.25, -0.2) is 4.98 Å². The monoisotopic (exact) mass is 225 g/mol. The van der Waals surface area contributed by atoms with E-state index in [0.29, 0.717) is 5.69 Å². The van der Waals surface area contributed by atoms with Crippen molar-refractivity contribution in [2.75, 3.05) is 5.73 Å². The first-order valence-corrected chi connectivity index (χ1v) is 4.35. The molecule has 0 spiro atoms. The van der Waals surface area contributed by atoms with Gasteiger partial charge in [0.1, 0.15) is 10.1 Å². The lowest BCUT2D eigenvalue weighted by Gasteiger charge is -1.94. The first kappa shape index (κ1) is 7.61. The molecule has 12 heavy (non-hydrogen) atoms. The van der Waals surface area contributed by atoms with Crippen molar-refractivity contribution in [1.29, 1.82) is 0 Å². The highest BCUT2D eigenvalue weighted by atomic mass is 79.9. The fraction of sp³-hybridized carbons (Fsp3) is 0.125. The molecule has 0 aromatic carbocycles. The molecule has 0 bridgehead atoms. The first-order valence-electron chi connectivity index (χ1n) is 3.55. The van der Waals surface area contributed by atoms with E-state index in [1.807, 2.05) is 29.9 Å². The Morgan fingerprint density at radius 3 is 3.00 bits per heavy atom. The van der Waals surface area contributed by atoms with Crippen molar-refractivity contribution in [3.8, 4) is 0 Å². The number of nitrogen functional groups attached to an aromatic ring is 1. The van der Waals surface area contributed by atoms with Gasteiger partial charge in [-0.15, -0.1) is 0 Å². The summed E-state index contributed by atoms with van der Waals surface area (Å²) in [7, 11) is 1.95. The smallest absolute Gasteiger partial charge is 0.112 e.